The van der Waals surface area contributed by atoms with Crippen molar-refractivity contribution in [3.8, 4) is 0 Å². The third-order valence-electron chi connectivity index (χ3n) is 10.5. The lowest BCUT2D eigenvalue weighted by molar-refractivity contribution is -0.163. The predicted molar refractivity (Wildman–Crippen MR) is 251 cm³/mol. The van der Waals surface area contributed by atoms with Gasteiger partial charge in [-0.15, -0.1) is 0 Å². The maximum Gasteiger partial charge on any atom is 0.306 e. The van der Waals surface area contributed by atoms with Crippen LogP contribution in [0.3, 0.4) is 0 Å². The number of hydrogen-bond donors (Lipinski definition) is 0. The fourth-order valence-corrected chi connectivity index (χ4v) is 6.79. The van der Waals surface area contributed by atoms with Crippen molar-refractivity contribution in [3.63, 3.8) is 0 Å². The SMILES string of the molecule is CC/C=C\C/C=C\C/C=C\CCCCCCCC(=O)OCC(COCCCCCCCC/C=C\CCCCCCCC)OC(=O)CCCCCCC/C=C\CCCC. The van der Waals surface area contributed by atoms with Gasteiger partial charge in [-0.2, -0.15) is 0 Å². The summed E-state index contributed by atoms with van der Waals surface area (Å²) in [6.07, 6.45) is 60.8. The molecular weight excluding hydrogens is 717 g/mol. The molecule has 0 fully saturated rings. The number of hydrogen-bond acceptors (Lipinski definition) is 5. The highest BCUT2D eigenvalue weighted by molar-refractivity contribution is 5.70. The molecule has 0 bridgehead atoms. The molecule has 0 spiro atoms. The van der Waals surface area contributed by atoms with Crippen LogP contribution in [0.5, 0.6) is 0 Å². The summed E-state index contributed by atoms with van der Waals surface area (Å²) in [6.45, 7) is 7.65. The van der Waals surface area contributed by atoms with Gasteiger partial charge in [0.1, 0.15) is 6.61 Å². The van der Waals surface area contributed by atoms with E-state index in [1.165, 1.54) is 122 Å². The number of carbonyl (C=O) groups is 2. The van der Waals surface area contributed by atoms with Crippen molar-refractivity contribution in [3.05, 3.63) is 60.8 Å². The van der Waals surface area contributed by atoms with Crippen molar-refractivity contribution in [2.75, 3.05) is 19.8 Å². The summed E-state index contributed by atoms with van der Waals surface area (Å²) in [5, 5.41) is 0. The molecule has 0 radical (unpaired) electrons. The first-order chi connectivity index (χ1) is 28.6. The van der Waals surface area contributed by atoms with Gasteiger partial charge in [0.25, 0.3) is 0 Å². The molecule has 0 aromatic rings. The molecule has 0 aliphatic heterocycles. The van der Waals surface area contributed by atoms with E-state index in [1.807, 2.05) is 0 Å². The van der Waals surface area contributed by atoms with Crippen LogP contribution in [0, 0.1) is 0 Å². The number of esters is 2. The Morgan fingerprint density at radius 2 is 0.793 bits per heavy atom. The summed E-state index contributed by atoms with van der Waals surface area (Å²) >= 11 is 0. The zero-order valence-corrected chi connectivity index (χ0v) is 38.6. The Bertz CT molecular complexity index is 1010. The molecule has 0 N–H and O–H groups in total. The Kier molecular flexibility index (Phi) is 46.9. The summed E-state index contributed by atoms with van der Waals surface area (Å²) in [4.78, 5) is 25.3. The van der Waals surface area contributed by atoms with Crippen LogP contribution in [-0.4, -0.2) is 37.9 Å². The molecule has 0 aromatic carbocycles. The highest BCUT2D eigenvalue weighted by Gasteiger charge is 2.17. The molecule has 58 heavy (non-hydrogen) atoms. The molecule has 0 saturated heterocycles. The smallest absolute Gasteiger partial charge is 0.306 e. The van der Waals surface area contributed by atoms with E-state index in [-0.39, 0.29) is 25.2 Å². The van der Waals surface area contributed by atoms with E-state index < -0.39 is 6.10 Å². The molecule has 5 heteroatoms. The fourth-order valence-electron chi connectivity index (χ4n) is 6.79. The minimum Gasteiger partial charge on any atom is -0.462 e. The van der Waals surface area contributed by atoms with Crippen LogP contribution in [0.15, 0.2) is 60.8 Å². The van der Waals surface area contributed by atoms with Gasteiger partial charge in [-0.1, -0.05) is 191 Å². The molecule has 0 aliphatic rings. The quantitative estimate of drug-likeness (QED) is 0.0348. The second-order valence-corrected chi connectivity index (χ2v) is 16.3. The van der Waals surface area contributed by atoms with Gasteiger partial charge in [-0.05, 0) is 96.3 Å². The second kappa shape index (κ2) is 49.0. The third-order valence-corrected chi connectivity index (χ3v) is 10.5. The molecule has 0 saturated carbocycles. The first-order valence-electron chi connectivity index (χ1n) is 24.8. The van der Waals surface area contributed by atoms with Gasteiger partial charge in [0, 0.05) is 19.4 Å². The van der Waals surface area contributed by atoms with Gasteiger partial charge in [0.15, 0.2) is 6.10 Å². The first kappa shape index (κ1) is 55.6. The Morgan fingerprint density at radius 3 is 1.31 bits per heavy atom. The van der Waals surface area contributed by atoms with Crippen LogP contribution in [0.1, 0.15) is 239 Å². The highest BCUT2D eigenvalue weighted by Crippen LogP contribution is 2.13. The molecule has 0 aromatic heterocycles. The monoisotopic (exact) mass is 811 g/mol. The first-order valence-corrected chi connectivity index (χ1v) is 24.8. The largest absolute Gasteiger partial charge is 0.462 e. The van der Waals surface area contributed by atoms with E-state index >= 15 is 0 Å². The van der Waals surface area contributed by atoms with Crippen LogP contribution >= 0.6 is 0 Å². The lowest BCUT2D eigenvalue weighted by Crippen LogP contribution is -2.30. The Hall–Kier alpha value is -2.40. The van der Waals surface area contributed by atoms with Gasteiger partial charge < -0.3 is 14.2 Å². The van der Waals surface area contributed by atoms with Gasteiger partial charge in [0.05, 0.1) is 6.61 Å². The van der Waals surface area contributed by atoms with Crippen molar-refractivity contribution in [1.29, 1.82) is 0 Å². The van der Waals surface area contributed by atoms with Gasteiger partial charge in [0.2, 0.25) is 0 Å². The molecule has 0 heterocycles. The molecule has 1 atom stereocenters. The van der Waals surface area contributed by atoms with Crippen molar-refractivity contribution < 1.29 is 23.8 Å². The topological polar surface area (TPSA) is 61.8 Å². The maximum atomic E-state index is 12.7. The Labute approximate surface area is 360 Å². The van der Waals surface area contributed by atoms with Crippen molar-refractivity contribution in [2.45, 2.75) is 245 Å². The maximum absolute atomic E-state index is 12.7. The van der Waals surface area contributed by atoms with E-state index in [2.05, 4.69) is 81.5 Å². The van der Waals surface area contributed by atoms with Crippen LogP contribution < -0.4 is 0 Å². The molecule has 0 rings (SSSR count). The van der Waals surface area contributed by atoms with Gasteiger partial charge in [-0.3, -0.25) is 9.59 Å². The summed E-state index contributed by atoms with van der Waals surface area (Å²) in [7, 11) is 0. The van der Waals surface area contributed by atoms with E-state index in [1.54, 1.807) is 0 Å². The zero-order chi connectivity index (χ0) is 42.1. The van der Waals surface area contributed by atoms with Gasteiger partial charge in [-0.25, -0.2) is 0 Å². The second-order valence-electron chi connectivity index (χ2n) is 16.3. The average Bonchev–Trinajstić information content (AvgIpc) is 3.22. The summed E-state index contributed by atoms with van der Waals surface area (Å²) in [6, 6.07) is 0. The average molecular weight is 811 g/mol. The number of carbonyl (C=O) groups excluding carboxylic acids is 2. The van der Waals surface area contributed by atoms with E-state index in [9.17, 15) is 9.59 Å². The lowest BCUT2D eigenvalue weighted by atomic mass is 10.1. The van der Waals surface area contributed by atoms with Crippen LogP contribution in [0.25, 0.3) is 0 Å². The Balaban J connectivity index is 4.28. The highest BCUT2D eigenvalue weighted by atomic mass is 16.6. The molecular formula is C53H94O5. The summed E-state index contributed by atoms with van der Waals surface area (Å²) < 4.78 is 17.3. The molecule has 5 nitrogen and oxygen atoms in total. The van der Waals surface area contributed by atoms with Crippen LogP contribution in [0.2, 0.25) is 0 Å². The summed E-state index contributed by atoms with van der Waals surface area (Å²) in [5.74, 6) is -0.428. The van der Waals surface area contributed by atoms with Crippen LogP contribution in [0.4, 0.5) is 0 Å². The molecule has 1 unspecified atom stereocenters. The van der Waals surface area contributed by atoms with Crippen LogP contribution in [-0.2, 0) is 23.8 Å². The number of rotatable bonds is 45. The standard InChI is InChI=1S/C53H94O5/c1-4-7-10-13-16-19-22-24-26-28-30-33-36-39-42-45-48-56-49-51(58-53(55)47-44-41-38-35-31-21-18-15-12-9-6-3)50-57-52(54)46-43-40-37-34-32-29-27-25-23-20-17-14-11-8-5-2/h8,11,15,17-18,20,24-27,51H,4-7,9-10,12-14,16,19,21-23,28-50H2,1-3H3/b11-8-,18-15-,20-17-,26-24-,27-25-. The van der Waals surface area contributed by atoms with Gasteiger partial charge >= 0.3 is 11.9 Å². The molecule has 0 aliphatic carbocycles. The normalized spacial score (nSPS) is 12.7. The lowest BCUT2D eigenvalue weighted by Gasteiger charge is -2.18. The molecule has 0 amide bonds. The minimum atomic E-state index is -0.550. The van der Waals surface area contributed by atoms with Crippen molar-refractivity contribution in [2.24, 2.45) is 0 Å². The fraction of sp³-hybridized carbons (Fsp3) is 0.774. The zero-order valence-electron chi connectivity index (χ0n) is 38.6. The van der Waals surface area contributed by atoms with E-state index in [4.69, 9.17) is 14.2 Å². The molecule has 336 valence electrons. The predicted octanol–water partition coefficient (Wildman–Crippen LogP) is 16.6. The minimum absolute atomic E-state index is 0.0702. The van der Waals surface area contributed by atoms with E-state index in [0.29, 0.717) is 19.4 Å². The number of ether oxygens (including phenoxy) is 3. The third kappa shape index (κ3) is 46.3. The number of allylic oxidation sites excluding steroid dienone is 10. The van der Waals surface area contributed by atoms with E-state index in [0.717, 1.165) is 83.5 Å². The van der Waals surface area contributed by atoms with Crippen molar-refractivity contribution in [1.82, 2.24) is 0 Å². The number of unbranched alkanes of at least 4 members (excludes halogenated alkanes) is 24. The summed E-state index contributed by atoms with van der Waals surface area (Å²) in [5.41, 5.74) is 0. The Morgan fingerprint density at radius 1 is 0.397 bits per heavy atom. The van der Waals surface area contributed by atoms with Crippen molar-refractivity contribution >= 4 is 11.9 Å².